The van der Waals surface area contributed by atoms with E-state index in [2.05, 4.69) is 39.5 Å². The predicted octanol–water partition coefficient (Wildman–Crippen LogP) is 4.22. The average Bonchev–Trinajstić information content (AvgIpc) is 2.20. The molecule has 0 spiro atoms. The van der Waals surface area contributed by atoms with Gasteiger partial charge < -0.3 is 5.73 Å². The van der Waals surface area contributed by atoms with E-state index >= 15 is 0 Å². The summed E-state index contributed by atoms with van der Waals surface area (Å²) in [6, 6.07) is 0.289. The third-order valence-electron chi connectivity index (χ3n) is 3.98. The third kappa shape index (κ3) is 3.10. The summed E-state index contributed by atoms with van der Waals surface area (Å²) in [4.78, 5) is 0. The monoisotopic (exact) mass is 233 g/mol. The molecule has 0 aliphatic heterocycles. The molecule has 1 aliphatic rings. The van der Waals surface area contributed by atoms with Crippen LogP contribution in [0.2, 0.25) is 0 Å². The van der Waals surface area contributed by atoms with Gasteiger partial charge in [0.2, 0.25) is 0 Å². The first kappa shape index (κ1) is 14.2. The molecule has 96 valence electrons. The molecule has 1 nitrogen and oxygen atoms in total. The van der Waals surface area contributed by atoms with Crippen molar-refractivity contribution < 1.29 is 0 Å². The summed E-state index contributed by atoms with van der Waals surface area (Å²) in [5, 5.41) is 0. The minimum absolute atomic E-state index is 0.235. The maximum absolute atomic E-state index is 6.46. The topological polar surface area (TPSA) is 26.0 Å². The Bertz CT molecular complexity index is 305. The third-order valence-corrected chi connectivity index (χ3v) is 3.98. The zero-order valence-corrected chi connectivity index (χ0v) is 11.6. The second-order valence-electron chi connectivity index (χ2n) is 5.58. The van der Waals surface area contributed by atoms with Crippen molar-refractivity contribution in [2.75, 3.05) is 0 Å². The number of nitrogens with two attached hydrogens (primary N) is 1. The van der Waals surface area contributed by atoms with Crippen molar-refractivity contribution in [3.63, 3.8) is 0 Å². The highest BCUT2D eigenvalue weighted by Crippen LogP contribution is 2.50. The number of rotatable bonds is 6. The van der Waals surface area contributed by atoms with E-state index in [4.69, 9.17) is 5.73 Å². The SMILES string of the molecule is C=C/C=C\C(=C/C)C1(C(N)CC(C)C)CCC1. The molecule has 0 aromatic heterocycles. The molecule has 0 bridgehead atoms. The maximum atomic E-state index is 6.46. The molecule has 17 heavy (non-hydrogen) atoms. The maximum Gasteiger partial charge on any atom is 0.0139 e. The van der Waals surface area contributed by atoms with Gasteiger partial charge in [-0.25, -0.2) is 0 Å². The van der Waals surface area contributed by atoms with Gasteiger partial charge in [0.25, 0.3) is 0 Å². The number of allylic oxidation sites excluding steroid dienone is 4. The fourth-order valence-electron chi connectivity index (χ4n) is 2.89. The largest absolute Gasteiger partial charge is 0.327 e. The Balaban J connectivity index is 2.86. The Morgan fingerprint density at radius 1 is 1.41 bits per heavy atom. The van der Waals surface area contributed by atoms with Crippen molar-refractivity contribution >= 4 is 0 Å². The smallest absolute Gasteiger partial charge is 0.0139 e. The molecule has 0 saturated heterocycles. The van der Waals surface area contributed by atoms with Gasteiger partial charge in [-0.05, 0) is 37.7 Å². The van der Waals surface area contributed by atoms with E-state index < -0.39 is 0 Å². The molecule has 1 saturated carbocycles. The fourth-order valence-corrected chi connectivity index (χ4v) is 2.89. The summed E-state index contributed by atoms with van der Waals surface area (Å²) in [5.74, 6) is 0.670. The van der Waals surface area contributed by atoms with Crippen molar-refractivity contribution in [2.24, 2.45) is 17.1 Å². The molecule has 1 unspecified atom stereocenters. The Morgan fingerprint density at radius 3 is 2.41 bits per heavy atom. The minimum Gasteiger partial charge on any atom is -0.327 e. The highest BCUT2D eigenvalue weighted by molar-refractivity contribution is 5.32. The van der Waals surface area contributed by atoms with Crippen LogP contribution in [0.4, 0.5) is 0 Å². The van der Waals surface area contributed by atoms with E-state index in [0.717, 1.165) is 6.42 Å². The standard InChI is InChI=1S/C16H27N/c1-5-7-9-14(6-2)16(10-8-11-16)15(17)12-13(3)4/h5-7,9,13,15H,1,8,10-12,17H2,2-4H3/b9-7-,14-6+. The van der Waals surface area contributed by atoms with Crippen LogP contribution in [0.3, 0.4) is 0 Å². The van der Waals surface area contributed by atoms with Gasteiger partial charge in [-0.15, -0.1) is 0 Å². The van der Waals surface area contributed by atoms with E-state index in [9.17, 15) is 0 Å². The van der Waals surface area contributed by atoms with Gasteiger partial charge in [-0.3, -0.25) is 0 Å². The lowest BCUT2D eigenvalue weighted by atomic mass is 9.58. The zero-order valence-electron chi connectivity index (χ0n) is 11.6. The van der Waals surface area contributed by atoms with E-state index in [0.29, 0.717) is 5.92 Å². The van der Waals surface area contributed by atoms with Gasteiger partial charge in [0.1, 0.15) is 0 Å². The molecule has 1 aliphatic carbocycles. The lowest BCUT2D eigenvalue weighted by Gasteiger charge is -2.48. The van der Waals surface area contributed by atoms with Crippen molar-refractivity contribution in [1.29, 1.82) is 0 Å². The molecule has 2 N–H and O–H groups in total. The summed E-state index contributed by atoms with van der Waals surface area (Å²) in [6.07, 6.45) is 13.2. The molecule has 0 aromatic rings. The Hall–Kier alpha value is -0.820. The number of hydrogen-bond acceptors (Lipinski definition) is 1. The molecular formula is C16H27N. The minimum atomic E-state index is 0.235. The fraction of sp³-hybridized carbons (Fsp3) is 0.625. The summed E-state index contributed by atoms with van der Waals surface area (Å²) in [7, 11) is 0. The first-order chi connectivity index (χ1) is 8.06. The lowest BCUT2D eigenvalue weighted by molar-refractivity contribution is 0.132. The Kier molecular flexibility index (Phi) is 5.20. The Labute approximate surface area is 106 Å². The zero-order chi connectivity index (χ0) is 12.9. The Morgan fingerprint density at radius 2 is 2.06 bits per heavy atom. The van der Waals surface area contributed by atoms with Crippen molar-refractivity contribution in [2.45, 2.75) is 52.5 Å². The molecule has 0 amide bonds. The van der Waals surface area contributed by atoms with Crippen LogP contribution in [0, 0.1) is 11.3 Å². The van der Waals surface area contributed by atoms with Crippen LogP contribution >= 0.6 is 0 Å². The summed E-state index contributed by atoms with van der Waals surface area (Å²) in [6.45, 7) is 10.4. The van der Waals surface area contributed by atoms with Crippen LogP contribution in [0.1, 0.15) is 46.5 Å². The van der Waals surface area contributed by atoms with Gasteiger partial charge in [0, 0.05) is 11.5 Å². The molecule has 1 atom stereocenters. The van der Waals surface area contributed by atoms with Gasteiger partial charge in [0.15, 0.2) is 0 Å². The highest BCUT2D eigenvalue weighted by Gasteiger charge is 2.44. The molecular weight excluding hydrogens is 206 g/mol. The molecule has 0 heterocycles. The molecule has 0 radical (unpaired) electrons. The van der Waals surface area contributed by atoms with E-state index in [1.54, 1.807) is 0 Å². The van der Waals surface area contributed by atoms with E-state index in [1.165, 1.54) is 24.8 Å². The van der Waals surface area contributed by atoms with Gasteiger partial charge >= 0.3 is 0 Å². The van der Waals surface area contributed by atoms with E-state index in [-0.39, 0.29) is 11.5 Å². The first-order valence-electron chi connectivity index (χ1n) is 6.78. The summed E-state index contributed by atoms with van der Waals surface area (Å²) < 4.78 is 0. The first-order valence-corrected chi connectivity index (χ1v) is 6.78. The van der Waals surface area contributed by atoms with Crippen LogP contribution in [0.15, 0.2) is 36.5 Å². The molecule has 1 heteroatoms. The van der Waals surface area contributed by atoms with Crippen molar-refractivity contribution in [3.05, 3.63) is 36.5 Å². The lowest BCUT2D eigenvalue weighted by Crippen LogP contribution is -2.48. The highest BCUT2D eigenvalue weighted by atomic mass is 14.7. The van der Waals surface area contributed by atoms with Crippen LogP contribution in [-0.4, -0.2) is 6.04 Å². The number of hydrogen-bond donors (Lipinski definition) is 1. The van der Waals surface area contributed by atoms with Gasteiger partial charge in [-0.2, -0.15) is 0 Å². The summed E-state index contributed by atoms with van der Waals surface area (Å²) in [5.41, 5.74) is 8.10. The van der Waals surface area contributed by atoms with Crippen LogP contribution in [0.25, 0.3) is 0 Å². The van der Waals surface area contributed by atoms with Crippen LogP contribution in [0.5, 0.6) is 0 Å². The second kappa shape index (κ2) is 6.20. The average molecular weight is 233 g/mol. The second-order valence-corrected chi connectivity index (χ2v) is 5.58. The van der Waals surface area contributed by atoms with Crippen molar-refractivity contribution in [3.8, 4) is 0 Å². The van der Waals surface area contributed by atoms with Gasteiger partial charge in [-0.1, -0.05) is 51.2 Å². The molecule has 1 fully saturated rings. The predicted molar refractivity (Wildman–Crippen MR) is 76.8 cm³/mol. The van der Waals surface area contributed by atoms with Crippen molar-refractivity contribution in [1.82, 2.24) is 0 Å². The quantitative estimate of drug-likeness (QED) is 0.683. The van der Waals surface area contributed by atoms with Crippen LogP contribution < -0.4 is 5.73 Å². The van der Waals surface area contributed by atoms with Crippen LogP contribution in [-0.2, 0) is 0 Å². The summed E-state index contributed by atoms with van der Waals surface area (Å²) >= 11 is 0. The molecule has 0 aromatic carbocycles. The van der Waals surface area contributed by atoms with Gasteiger partial charge in [0.05, 0.1) is 0 Å². The van der Waals surface area contributed by atoms with E-state index in [1.807, 2.05) is 12.2 Å². The normalized spacial score (nSPS) is 21.6. The molecule has 1 rings (SSSR count).